The van der Waals surface area contributed by atoms with E-state index < -0.39 is 17.5 Å². The number of aromatic nitrogens is 1. The molecule has 0 amide bonds. The van der Waals surface area contributed by atoms with E-state index in [4.69, 9.17) is 0 Å². The Hall–Kier alpha value is -3.47. The average Bonchev–Trinajstić information content (AvgIpc) is 3.17. The highest BCUT2D eigenvalue weighted by molar-refractivity contribution is 5.68. The molecule has 0 radical (unpaired) electrons. The van der Waals surface area contributed by atoms with Crippen LogP contribution in [0, 0.1) is 17.5 Å². The number of hydrogen-bond donors (Lipinski definition) is 1. The number of aromatic hydroxyl groups is 1. The molecule has 134 valence electrons. The Morgan fingerprint density at radius 1 is 0.667 bits per heavy atom. The summed E-state index contributed by atoms with van der Waals surface area (Å²) in [5.74, 6) is -3.70. The van der Waals surface area contributed by atoms with Gasteiger partial charge in [0.1, 0.15) is 5.75 Å². The van der Waals surface area contributed by atoms with Crippen molar-refractivity contribution in [2.75, 3.05) is 0 Å². The molecule has 0 atom stereocenters. The molecule has 0 bridgehead atoms. The quantitative estimate of drug-likeness (QED) is 0.447. The van der Waals surface area contributed by atoms with Gasteiger partial charge in [0.25, 0.3) is 0 Å². The molecule has 0 aliphatic heterocycles. The minimum Gasteiger partial charge on any atom is -0.508 e. The zero-order chi connectivity index (χ0) is 19.0. The van der Waals surface area contributed by atoms with E-state index in [1.807, 2.05) is 35.0 Å². The van der Waals surface area contributed by atoms with Crippen LogP contribution in [0.3, 0.4) is 0 Å². The van der Waals surface area contributed by atoms with Crippen molar-refractivity contribution < 1.29 is 18.3 Å². The summed E-state index contributed by atoms with van der Waals surface area (Å²) in [4.78, 5) is 0. The maximum atomic E-state index is 14.0. The van der Waals surface area contributed by atoms with Gasteiger partial charge in [0.05, 0.1) is 5.69 Å². The van der Waals surface area contributed by atoms with Crippen LogP contribution in [0.15, 0.2) is 79.0 Å². The van der Waals surface area contributed by atoms with Crippen molar-refractivity contribution in [2.24, 2.45) is 0 Å². The fraction of sp³-hybridized carbons (Fsp3) is 0. The molecule has 0 saturated carbocycles. The largest absolute Gasteiger partial charge is 0.508 e. The Bertz CT molecular complexity index is 1100. The SMILES string of the molecule is Oc1ccc(-c2cccn2-c2ccc(-c3ccc(F)c(F)c3F)cc2)cc1. The summed E-state index contributed by atoms with van der Waals surface area (Å²) in [6, 6.07) is 19.7. The van der Waals surface area contributed by atoms with Crippen molar-refractivity contribution in [3.05, 3.63) is 96.4 Å². The van der Waals surface area contributed by atoms with Crippen LogP contribution >= 0.6 is 0 Å². The standard InChI is InChI=1S/C22H14F3NO/c23-19-12-11-18(21(24)22(19)25)14-3-7-16(8-4-14)26-13-1-2-20(26)15-5-9-17(27)10-6-15/h1-13,27H. The first kappa shape index (κ1) is 17.0. The van der Waals surface area contributed by atoms with E-state index in [1.165, 1.54) is 6.07 Å². The second-order valence-corrected chi connectivity index (χ2v) is 6.08. The van der Waals surface area contributed by atoms with Gasteiger partial charge in [0.2, 0.25) is 0 Å². The van der Waals surface area contributed by atoms with Gasteiger partial charge < -0.3 is 9.67 Å². The second-order valence-electron chi connectivity index (χ2n) is 6.08. The molecule has 2 nitrogen and oxygen atoms in total. The summed E-state index contributed by atoms with van der Waals surface area (Å²) in [6.45, 7) is 0. The highest BCUT2D eigenvalue weighted by Crippen LogP contribution is 2.29. The van der Waals surface area contributed by atoms with Crippen LogP contribution in [0.25, 0.3) is 28.1 Å². The van der Waals surface area contributed by atoms with E-state index in [-0.39, 0.29) is 11.3 Å². The molecule has 27 heavy (non-hydrogen) atoms. The maximum Gasteiger partial charge on any atom is 0.195 e. The third-order valence-corrected chi connectivity index (χ3v) is 4.40. The first-order valence-electron chi connectivity index (χ1n) is 8.25. The molecule has 0 spiro atoms. The first-order valence-corrected chi connectivity index (χ1v) is 8.25. The van der Waals surface area contributed by atoms with Crippen molar-refractivity contribution in [3.8, 4) is 33.8 Å². The molecule has 3 aromatic carbocycles. The molecule has 0 fully saturated rings. The lowest BCUT2D eigenvalue weighted by Gasteiger charge is -2.11. The van der Waals surface area contributed by atoms with Crippen molar-refractivity contribution >= 4 is 0 Å². The van der Waals surface area contributed by atoms with E-state index in [0.29, 0.717) is 5.56 Å². The number of benzene rings is 3. The fourth-order valence-electron chi connectivity index (χ4n) is 3.02. The Kier molecular flexibility index (Phi) is 4.20. The van der Waals surface area contributed by atoms with Gasteiger partial charge in [-0.1, -0.05) is 12.1 Å². The zero-order valence-corrected chi connectivity index (χ0v) is 14.0. The highest BCUT2D eigenvalue weighted by atomic mass is 19.2. The average molecular weight is 365 g/mol. The Labute approximate surface area is 153 Å². The molecule has 4 rings (SSSR count). The fourth-order valence-corrected chi connectivity index (χ4v) is 3.02. The van der Waals surface area contributed by atoms with E-state index >= 15 is 0 Å². The monoisotopic (exact) mass is 365 g/mol. The summed E-state index contributed by atoms with van der Waals surface area (Å²) in [5.41, 5.74) is 3.13. The third kappa shape index (κ3) is 3.08. The van der Waals surface area contributed by atoms with Gasteiger partial charge in [-0.2, -0.15) is 0 Å². The lowest BCUT2D eigenvalue weighted by molar-refractivity contribution is 0.449. The summed E-state index contributed by atoms with van der Waals surface area (Å²) < 4.78 is 42.5. The van der Waals surface area contributed by atoms with Gasteiger partial charge in [-0.25, -0.2) is 13.2 Å². The molecular formula is C22H14F3NO. The van der Waals surface area contributed by atoms with Crippen LogP contribution in [-0.2, 0) is 0 Å². The minimum absolute atomic E-state index is 0.00622. The lowest BCUT2D eigenvalue weighted by Crippen LogP contribution is -1.96. The Morgan fingerprint density at radius 2 is 1.33 bits per heavy atom. The van der Waals surface area contributed by atoms with Crippen molar-refractivity contribution in [2.45, 2.75) is 0 Å². The maximum absolute atomic E-state index is 14.0. The van der Waals surface area contributed by atoms with Crippen LogP contribution in [0.4, 0.5) is 13.2 Å². The predicted molar refractivity (Wildman–Crippen MR) is 98.2 cm³/mol. The molecule has 0 saturated heterocycles. The summed E-state index contributed by atoms with van der Waals surface area (Å²) in [5, 5.41) is 9.45. The molecule has 1 aromatic heterocycles. The summed E-state index contributed by atoms with van der Waals surface area (Å²) >= 11 is 0. The van der Waals surface area contributed by atoms with Gasteiger partial charge in [0, 0.05) is 17.4 Å². The number of halogens is 3. The minimum atomic E-state index is -1.48. The lowest BCUT2D eigenvalue weighted by atomic mass is 10.0. The number of phenols is 1. The van der Waals surface area contributed by atoms with Crippen molar-refractivity contribution in [1.29, 1.82) is 0 Å². The topological polar surface area (TPSA) is 25.2 Å². The van der Waals surface area contributed by atoms with Crippen molar-refractivity contribution in [3.63, 3.8) is 0 Å². The van der Waals surface area contributed by atoms with Gasteiger partial charge in [-0.15, -0.1) is 0 Å². The molecule has 4 aromatic rings. The number of rotatable bonds is 3. The predicted octanol–water partition coefficient (Wildman–Crippen LogP) is 5.93. The van der Waals surface area contributed by atoms with Crippen LogP contribution < -0.4 is 0 Å². The molecule has 0 unspecified atom stereocenters. The number of nitrogens with zero attached hydrogens (tertiary/aromatic N) is 1. The van der Waals surface area contributed by atoms with E-state index in [0.717, 1.165) is 23.0 Å². The van der Waals surface area contributed by atoms with Crippen LogP contribution in [0.1, 0.15) is 0 Å². The normalized spacial score (nSPS) is 10.9. The number of phenolic OH excluding ortho intramolecular Hbond substituents is 1. The molecule has 0 aliphatic carbocycles. The van der Waals surface area contributed by atoms with Gasteiger partial charge in [0.15, 0.2) is 17.5 Å². The third-order valence-electron chi connectivity index (χ3n) is 4.40. The van der Waals surface area contributed by atoms with E-state index in [9.17, 15) is 18.3 Å². The molecular weight excluding hydrogens is 351 g/mol. The molecule has 1 heterocycles. The Morgan fingerprint density at radius 3 is 2.04 bits per heavy atom. The van der Waals surface area contributed by atoms with E-state index in [1.54, 1.807) is 36.4 Å². The van der Waals surface area contributed by atoms with Gasteiger partial charge in [-0.05, 0) is 71.8 Å². The number of hydrogen-bond acceptors (Lipinski definition) is 1. The van der Waals surface area contributed by atoms with Crippen LogP contribution in [-0.4, -0.2) is 9.67 Å². The van der Waals surface area contributed by atoms with Crippen LogP contribution in [0.2, 0.25) is 0 Å². The summed E-state index contributed by atoms with van der Waals surface area (Å²) in [6.07, 6.45) is 1.88. The van der Waals surface area contributed by atoms with Gasteiger partial charge in [-0.3, -0.25) is 0 Å². The molecule has 1 N–H and O–H groups in total. The summed E-state index contributed by atoms with van der Waals surface area (Å²) in [7, 11) is 0. The van der Waals surface area contributed by atoms with E-state index in [2.05, 4.69) is 0 Å². The van der Waals surface area contributed by atoms with Crippen molar-refractivity contribution in [1.82, 2.24) is 4.57 Å². The van der Waals surface area contributed by atoms with Crippen LogP contribution in [0.5, 0.6) is 5.75 Å². The first-order chi connectivity index (χ1) is 13.0. The second kappa shape index (κ2) is 6.68. The molecule has 5 heteroatoms. The smallest absolute Gasteiger partial charge is 0.195 e. The highest BCUT2D eigenvalue weighted by Gasteiger charge is 2.15. The van der Waals surface area contributed by atoms with Gasteiger partial charge >= 0.3 is 0 Å². The zero-order valence-electron chi connectivity index (χ0n) is 14.0. The molecule has 0 aliphatic rings. The Balaban J connectivity index is 1.71.